The lowest BCUT2D eigenvalue weighted by Gasteiger charge is -2.10. The molecule has 90 valence electrons. The zero-order valence-corrected chi connectivity index (χ0v) is 9.86. The minimum absolute atomic E-state index is 0.105. The van der Waals surface area contributed by atoms with E-state index in [0.29, 0.717) is 17.7 Å². The molecule has 0 aromatic heterocycles. The second-order valence-corrected chi connectivity index (χ2v) is 3.89. The van der Waals surface area contributed by atoms with Gasteiger partial charge in [-0.25, -0.2) is 0 Å². The van der Waals surface area contributed by atoms with E-state index in [1.165, 1.54) is 0 Å². The fourth-order valence-electron chi connectivity index (χ4n) is 2.08. The van der Waals surface area contributed by atoms with Gasteiger partial charge in [-0.15, -0.1) is 0 Å². The van der Waals surface area contributed by atoms with Crippen LogP contribution in [0.3, 0.4) is 0 Å². The van der Waals surface area contributed by atoms with Crippen LogP contribution in [0.1, 0.15) is 24.0 Å². The molecule has 4 nitrogen and oxygen atoms in total. The van der Waals surface area contributed by atoms with E-state index in [1.807, 2.05) is 6.07 Å². The lowest BCUT2D eigenvalue weighted by atomic mass is 10.0. The van der Waals surface area contributed by atoms with Gasteiger partial charge in [-0.2, -0.15) is 0 Å². The Bertz CT molecular complexity index is 464. The highest BCUT2D eigenvalue weighted by Gasteiger charge is 2.37. The lowest BCUT2D eigenvalue weighted by Crippen LogP contribution is -2.20. The van der Waals surface area contributed by atoms with Crippen molar-refractivity contribution in [3.05, 3.63) is 29.3 Å². The van der Waals surface area contributed by atoms with Crippen molar-refractivity contribution in [2.75, 3.05) is 13.7 Å². The van der Waals surface area contributed by atoms with E-state index in [2.05, 4.69) is 0 Å². The zero-order chi connectivity index (χ0) is 12.4. The molecule has 0 bridgehead atoms. The van der Waals surface area contributed by atoms with Crippen LogP contribution in [0, 0.1) is 0 Å². The molecule has 0 fully saturated rings. The summed E-state index contributed by atoms with van der Waals surface area (Å²) in [6.45, 7) is 2.01. The van der Waals surface area contributed by atoms with Gasteiger partial charge in [-0.05, 0) is 30.2 Å². The number of methoxy groups -OCH3 is 1. The number of fused-ring (bicyclic) bond motifs is 1. The summed E-state index contributed by atoms with van der Waals surface area (Å²) in [4.78, 5) is 23.5. The molecule has 1 unspecified atom stereocenters. The van der Waals surface area contributed by atoms with E-state index < -0.39 is 11.9 Å². The van der Waals surface area contributed by atoms with Crippen LogP contribution in [0.4, 0.5) is 0 Å². The predicted octanol–water partition coefficient (Wildman–Crippen LogP) is 1.47. The molecule has 0 heterocycles. The summed E-state index contributed by atoms with van der Waals surface area (Å²) >= 11 is 0. The normalized spacial score (nSPS) is 17.8. The summed E-state index contributed by atoms with van der Waals surface area (Å²) < 4.78 is 10.0. The first kappa shape index (κ1) is 11.6. The molecular weight excluding hydrogens is 220 g/mol. The van der Waals surface area contributed by atoms with Crippen LogP contribution >= 0.6 is 0 Å². The molecule has 0 N–H and O–H groups in total. The average Bonchev–Trinajstić information content (AvgIpc) is 2.64. The number of Topliss-reactive ketones (excluding diaryl/α,β-unsaturated/α-hetero) is 1. The standard InChI is InChI=1S/C13H14O4/c1-3-17-13(15)12-10-7-9(16-2)5-4-8(10)6-11(12)14/h4-5,7,12H,3,6H2,1-2H3. The number of carbonyl (C=O) groups is 2. The van der Waals surface area contributed by atoms with Crippen LogP contribution in [0.2, 0.25) is 0 Å². The van der Waals surface area contributed by atoms with Gasteiger partial charge in [0.15, 0.2) is 5.78 Å². The minimum Gasteiger partial charge on any atom is -0.497 e. The Morgan fingerprint density at radius 2 is 2.24 bits per heavy atom. The summed E-state index contributed by atoms with van der Waals surface area (Å²) in [6, 6.07) is 5.35. The van der Waals surface area contributed by atoms with Crippen molar-refractivity contribution in [1.29, 1.82) is 0 Å². The van der Waals surface area contributed by atoms with Crippen molar-refractivity contribution in [2.45, 2.75) is 19.3 Å². The Morgan fingerprint density at radius 1 is 1.47 bits per heavy atom. The molecule has 1 aliphatic carbocycles. The highest BCUT2D eigenvalue weighted by Crippen LogP contribution is 2.33. The highest BCUT2D eigenvalue weighted by atomic mass is 16.5. The number of esters is 1. The fourth-order valence-corrected chi connectivity index (χ4v) is 2.08. The molecule has 1 atom stereocenters. The van der Waals surface area contributed by atoms with Crippen molar-refractivity contribution in [3.8, 4) is 5.75 Å². The van der Waals surface area contributed by atoms with Crippen molar-refractivity contribution in [2.24, 2.45) is 0 Å². The monoisotopic (exact) mass is 234 g/mol. The van der Waals surface area contributed by atoms with Crippen molar-refractivity contribution in [3.63, 3.8) is 0 Å². The first-order chi connectivity index (χ1) is 8.17. The van der Waals surface area contributed by atoms with Gasteiger partial charge in [0.05, 0.1) is 13.7 Å². The molecule has 17 heavy (non-hydrogen) atoms. The van der Waals surface area contributed by atoms with Gasteiger partial charge in [0.2, 0.25) is 0 Å². The number of carbonyl (C=O) groups excluding carboxylic acids is 2. The van der Waals surface area contributed by atoms with Crippen LogP contribution in [-0.4, -0.2) is 25.5 Å². The summed E-state index contributed by atoms with van der Waals surface area (Å²) in [6.07, 6.45) is 0.294. The van der Waals surface area contributed by atoms with E-state index in [1.54, 1.807) is 26.2 Å². The zero-order valence-electron chi connectivity index (χ0n) is 9.86. The molecule has 0 saturated heterocycles. The maximum Gasteiger partial charge on any atom is 0.321 e. The topological polar surface area (TPSA) is 52.6 Å². The molecule has 2 rings (SSSR count). The third-order valence-electron chi connectivity index (χ3n) is 2.87. The SMILES string of the molecule is CCOC(=O)C1C(=O)Cc2ccc(OC)cc21. The second-order valence-electron chi connectivity index (χ2n) is 3.89. The van der Waals surface area contributed by atoms with Gasteiger partial charge in [0, 0.05) is 6.42 Å². The van der Waals surface area contributed by atoms with Gasteiger partial charge >= 0.3 is 5.97 Å². The first-order valence-electron chi connectivity index (χ1n) is 5.53. The Hall–Kier alpha value is -1.84. The van der Waals surface area contributed by atoms with Crippen LogP contribution in [-0.2, 0) is 20.7 Å². The molecule has 0 radical (unpaired) electrons. The molecule has 1 aliphatic rings. The number of ether oxygens (including phenoxy) is 2. The fraction of sp³-hybridized carbons (Fsp3) is 0.385. The Morgan fingerprint density at radius 3 is 2.88 bits per heavy atom. The van der Waals surface area contributed by atoms with E-state index in [9.17, 15) is 9.59 Å². The average molecular weight is 234 g/mol. The van der Waals surface area contributed by atoms with Crippen LogP contribution in [0.25, 0.3) is 0 Å². The number of ketones is 1. The largest absolute Gasteiger partial charge is 0.497 e. The predicted molar refractivity (Wildman–Crippen MR) is 61.1 cm³/mol. The Kier molecular flexibility index (Phi) is 3.13. The number of hydrogen-bond acceptors (Lipinski definition) is 4. The van der Waals surface area contributed by atoms with Crippen LogP contribution in [0.15, 0.2) is 18.2 Å². The first-order valence-corrected chi connectivity index (χ1v) is 5.53. The van der Waals surface area contributed by atoms with Crippen molar-refractivity contribution >= 4 is 11.8 Å². The minimum atomic E-state index is -0.778. The van der Waals surface area contributed by atoms with E-state index in [4.69, 9.17) is 9.47 Å². The molecule has 0 spiro atoms. The summed E-state index contributed by atoms with van der Waals surface area (Å²) in [5, 5.41) is 0. The Labute approximate surface area is 99.5 Å². The summed E-state index contributed by atoms with van der Waals surface area (Å²) in [5.41, 5.74) is 1.60. The van der Waals surface area contributed by atoms with Crippen LogP contribution in [0.5, 0.6) is 5.75 Å². The maximum absolute atomic E-state index is 11.8. The Balaban J connectivity index is 2.37. The van der Waals surface area contributed by atoms with Gasteiger partial charge in [-0.3, -0.25) is 9.59 Å². The number of rotatable bonds is 3. The quantitative estimate of drug-likeness (QED) is 0.587. The number of benzene rings is 1. The number of hydrogen-bond donors (Lipinski definition) is 0. The maximum atomic E-state index is 11.8. The van der Waals surface area contributed by atoms with Gasteiger partial charge in [0.25, 0.3) is 0 Å². The van der Waals surface area contributed by atoms with Crippen molar-refractivity contribution in [1.82, 2.24) is 0 Å². The molecule has 0 amide bonds. The highest BCUT2D eigenvalue weighted by molar-refractivity contribution is 6.08. The summed E-state index contributed by atoms with van der Waals surface area (Å²) in [5.74, 6) is -0.705. The molecule has 0 saturated carbocycles. The third kappa shape index (κ3) is 2.02. The van der Waals surface area contributed by atoms with Gasteiger partial charge in [-0.1, -0.05) is 6.07 Å². The molecule has 1 aromatic carbocycles. The van der Waals surface area contributed by atoms with Gasteiger partial charge < -0.3 is 9.47 Å². The van der Waals surface area contributed by atoms with Gasteiger partial charge in [0.1, 0.15) is 11.7 Å². The van der Waals surface area contributed by atoms with E-state index in [-0.39, 0.29) is 12.4 Å². The van der Waals surface area contributed by atoms with Crippen LogP contribution < -0.4 is 4.74 Å². The molecule has 0 aliphatic heterocycles. The second kappa shape index (κ2) is 4.57. The van der Waals surface area contributed by atoms with E-state index >= 15 is 0 Å². The smallest absolute Gasteiger partial charge is 0.321 e. The lowest BCUT2D eigenvalue weighted by molar-refractivity contribution is -0.147. The molecule has 1 aromatic rings. The molecule has 4 heteroatoms. The third-order valence-corrected chi connectivity index (χ3v) is 2.87. The molecular formula is C13H14O4. The summed E-state index contributed by atoms with van der Waals surface area (Å²) in [7, 11) is 1.55. The van der Waals surface area contributed by atoms with E-state index in [0.717, 1.165) is 5.56 Å². The van der Waals surface area contributed by atoms with Crippen molar-refractivity contribution < 1.29 is 19.1 Å².